The number of hydrogen-bond acceptors (Lipinski definition) is 2. The van der Waals surface area contributed by atoms with Gasteiger partial charge in [-0.25, -0.2) is 0 Å². The Kier molecular flexibility index (Phi) is 4.48. The summed E-state index contributed by atoms with van der Waals surface area (Å²) in [5.41, 5.74) is 3.86. The number of para-hydroxylation sites is 1. The summed E-state index contributed by atoms with van der Waals surface area (Å²) in [5, 5.41) is 1.32. The summed E-state index contributed by atoms with van der Waals surface area (Å²) < 4.78 is 0. The van der Waals surface area contributed by atoms with Gasteiger partial charge >= 0.3 is 0 Å². The Bertz CT molecular complexity index is 653. The Hall–Kier alpha value is -1.81. The quantitative estimate of drug-likeness (QED) is 0.943. The molecule has 1 aliphatic heterocycles. The monoisotopic (exact) mass is 299 g/mol. The van der Waals surface area contributed by atoms with Crippen molar-refractivity contribution in [1.82, 2.24) is 14.8 Å². The van der Waals surface area contributed by atoms with Gasteiger partial charge in [-0.2, -0.15) is 0 Å². The van der Waals surface area contributed by atoms with Crippen LogP contribution in [0.25, 0.3) is 10.9 Å². The lowest BCUT2D eigenvalue weighted by molar-refractivity contribution is -0.133. The third kappa shape index (κ3) is 3.02. The minimum Gasteiger partial charge on any atom is -0.358 e. The molecule has 1 fully saturated rings. The fourth-order valence-electron chi connectivity index (χ4n) is 3.29. The maximum atomic E-state index is 12.0. The number of aromatic amines is 1. The smallest absolute Gasteiger partial charge is 0.222 e. The number of nitrogens with zero attached hydrogens (tertiary/aromatic N) is 2. The number of benzene rings is 1. The molecule has 0 radical (unpaired) electrons. The van der Waals surface area contributed by atoms with E-state index in [2.05, 4.69) is 48.0 Å². The van der Waals surface area contributed by atoms with Crippen molar-refractivity contribution in [3.8, 4) is 0 Å². The van der Waals surface area contributed by atoms with Crippen molar-refractivity contribution in [1.29, 1.82) is 0 Å². The zero-order chi connectivity index (χ0) is 15.5. The van der Waals surface area contributed by atoms with E-state index in [1.807, 2.05) is 4.90 Å². The van der Waals surface area contributed by atoms with Crippen molar-refractivity contribution < 1.29 is 4.79 Å². The highest BCUT2D eigenvalue weighted by Crippen LogP contribution is 2.23. The van der Waals surface area contributed by atoms with Crippen LogP contribution in [0.15, 0.2) is 24.3 Å². The lowest BCUT2D eigenvalue weighted by Gasteiger charge is -2.34. The number of carbonyl (C=O) groups is 1. The van der Waals surface area contributed by atoms with Gasteiger partial charge in [0.15, 0.2) is 0 Å². The van der Waals surface area contributed by atoms with E-state index in [9.17, 15) is 4.79 Å². The van der Waals surface area contributed by atoms with Crippen LogP contribution in [-0.2, 0) is 11.3 Å². The summed E-state index contributed by atoms with van der Waals surface area (Å²) in [6, 6.07) is 8.49. The van der Waals surface area contributed by atoms with Gasteiger partial charge in [-0.05, 0) is 25.0 Å². The highest BCUT2D eigenvalue weighted by molar-refractivity contribution is 5.84. The van der Waals surface area contributed by atoms with Gasteiger partial charge < -0.3 is 9.88 Å². The van der Waals surface area contributed by atoms with Crippen molar-refractivity contribution in [2.24, 2.45) is 0 Å². The topological polar surface area (TPSA) is 39.3 Å². The zero-order valence-electron chi connectivity index (χ0n) is 13.6. The molecule has 0 aliphatic carbocycles. The van der Waals surface area contributed by atoms with E-state index in [1.54, 1.807) is 0 Å². The molecule has 118 valence electrons. The van der Waals surface area contributed by atoms with E-state index in [-0.39, 0.29) is 0 Å². The maximum absolute atomic E-state index is 12.0. The van der Waals surface area contributed by atoms with Crippen molar-refractivity contribution in [2.45, 2.75) is 33.2 Å². The first-order valence-electron chi connectivity index (χ1n) is 8.25. The lowest BCUT2D eigenvalue weighted by atomic mass is 10.1. The van der Waals surface area contributed by atoms with E-state index < -0.39 is 0 Å². The van der Waals surface area contributed by atoms with E-state index in [4.69, 9.17) is 0 Å². The fourth-order valence-corrected chi connectivity index (χ4v) is 3.29. The Morgan fingerprint density at radius 3 is 2.64 bits per heavy atom. The number of hydrogen-bond donors (Lipinski definition) is 1. The highest BCUT2D eigenvalue weighted by Gasteiger charge is 2.21. The van der Waals surface area contributed by atoms with E-state index >= 15 is 0 Å². The highest BCUT2D eigenvalue weighted by atomic mass is 16.2. The number of aromatic nitrogens is 1. The predicted octanol–water partition coefficient (Wildman–Crippen LogP) is 2.92. The molecule has 1 aromatic heterocycles. The van der Waals surface area contributed by atoms with Crippen LogP contribution in [0.1, 0.15) is 31.0 Å². The van der Waals surface area contributed by atoms with Gasteiger partial charge in [-0.15, -0.1) is 0 Å². The molecular weight excluding hydrogens is 274 g/mol. The largest absolute Gasteiger partial charge is 0.358 e. The molecule has 1 amide bonds. The zero-order valence-corrected chi connectivity index (χ0v) is 13.6. The van der Waals surface area contributed by atoms with Crippen LogP contribution in [0.5, 0.6) is 0 Å². The first kappa shape index (κ1) is 15.1. The van der Waals surface area contributed by atoms with Crippen LogP contribution >= 0.6 is 0 Å². The number of rotatable bonds is 4. The average Bonchev–Trinajstić information content (AvgIpc) is 2.84. The van der Waals surface area contributed by atoms with Crippen LogP contribution in [-0.4, -0.2) is 46.9 Å². The summed E-state index contributed by atoms with van der Waals surface area (Å²) in [7, 11) is 0. The Morgan fingerprint density at radius 1 is 1.18 bits per heavy atom. The third-order valence-electron chi connectivity index (χ3n) is 4.60. The average molecular weight is 299 g/mol. The number of aryl methyl sites for hydroxylation is 1. The second kappa shape index (κ2) is 6.53. The molecule has 0 bridgehead atoms. The van der Waals surface area contributed by atoms with Gasteiger partial charge in [0.1, 0.15) is 0 Å². The Morgan fingerprint density at radius 2 is 1.91 bits per heavy atom. The number of H-pyrrole nitrogens is 1. The summed E-state index contributed by atoms with van der Waals surface area (Å²) in [6.07, 6.45) is 1.62. The predicted molar refractivity (Wildman–Crippen MR) is 89.8 cm³/mol. The maximum Gasteiger partial charge on any atom is 0.222 e. The van der Waals surface area contributed by atoms with Gasteiger partial charge in [0.05, 0.1) is 0 Å². The summed E-state index contributed by atoms with van der Waals surface area (Å²) in [4.78, 5) is 19.9. The van der Waals surface area contributed by atoms with Crippen molar-refractivity contribution in [2.75, 3.05) is 26.2 Å². The Labute approximate surface area is 132 Å². The fraction of sp³-hybridized carbons (Fsp3) is 0.500. The van der Waals surface area contributed by atoms with Crippen LogP contribution in [0.2, 0.25) is 0 Å². The molecule has 4 nitrogen and oxygen atoms in total. The molecular formula is C18H25N3O. The van der Waals surface area contributed by atoms with Crippen LogP contribution in [0.4, 0.5) is 0 Å². The molecule has 0 saturated carbocycles. The van der Waals surface area contributed by atoms with Crippen LogP contribution < -0.4 is 0 Å². The first-order chi connectivity index (χ1) is 10.7. The van der Waals surface area contributed by atoms with Crippen molar-refractivity contribution in [3.63, 3.8) is 0 Å². The molecule has 3 rings (SSSR count). The first-order valence-corrected chi connectivity index (χ1v) is 8.25. The molecule has 0 atom stereocenters. The number of nitrogens with one attached hydrogen (secondary N) is 1. The molecule has 0 unspecified atom stereocenters. The molecule has 0 spiro atoms. The standard InChI is InChI=1S/C18H25N3O/c1-3-6-18(22)21-11-9-20(10-12-21)13-16-14(2)19-17-8-5-4-7-15(16)17/h4-5,7-8,19H,3,6,9-13H2,1-2H3. The molecule has 22 heavy (non-hydrogen) atoms. The van der Waals surface area contributed by atoms with Gasteiger partial charge in [0, 0.05) is 55.7 Å². The van der Waals surface area contributed by atoms with E-state index in [1.165, 1.54) is 22.2 Å². The van der Waals surface area contributed by atoms with Gasteiger partial charge in [0.2, 0.25) is 5.91 Å². The number of fused-ring (bicyclic) bond motifs is 1. The van der Waals surface area contributed by atoms with Gasteiger partial charge in [0.25, 0.3) is 0 Å². The number of amides is 1. The van der Waals surface area contributed by atoms with Gasteiger partial charge in [-0.3, -0.25) is 9.69 Å². The van der Waals surface area contributed by atoms with Crippen LogP contribution in [0, 0.1) is 6.92 Å². The third-order valence-corrected chi connectivity index (χ3v) is 4.60. The minimum atomic E-state index is 0.311. The molecule has 4 heteroatoms. The summed E-state index contributed by atoms with van der Waals surface area (Å²) in [5.74, 6) is 0.311. The Balaban J connectivity index is 1.65. The number of piperazine rings is 1. The lowest BCUT2D eigenvalue weighted by Crippen LogP contribution is -2.48. The second-order valence-electron chi connectivity index (χ2n) is 6.18. The molecule has 1 N–H and O–H groups in total. The number of carbonyl (C=O) groups excluding carboxylic acids is 1. The molecule has 1 saturated heterocycles. The SMILES string of the molecule is CCCC(=O)N1CCN(Cc2c(C)[nH]c3ccccc23)CC1. The minimum absolute atomic E-state index is 0.311. The van der Waals surface area contributed by atoms with Crippen molar-refractivity contribution >= 4 is 16.8 Å². The van der Waals surface area contributed by atoms with E-state index in [0.717, 1.165) is 39.1 Å². The summed E-state index contributed by atoms with van der Waals surface area (Å²) in [6.45, 7) is 8.83. The van der Waals surface area contributed by atoms with E-state index in [0.29, 0.717) is 12.3 Å². The molecule has 2 aromatic rings. The second-order valence-corrected chi connectivity index (χ2v) is 6.18. The van der Waals surface area contributed by atoms with Crippen molar-refractivity contribution in [3.05, 3.63) is 35.5 Å². The summed E-state index contributed by atoms with van der Waals surface area (Å²) >= 11 is 0. The molecule has 1 aliphatic rings. The van der Waals surface area contributed by atoms with Crippen LogP contribution in [0.3, 0.4) is 0 Å². The van der Waals surface area contributed by atoms with Gasteiger partial charge in [-0.1, -0.05) is 25.1 Å². The normalized spacial score (nSPS) is 16.4. The molecule has 2 heterocycles. The molecule has 1 aromatic carbocycles.